The molecule has 0 radical (unpaired) electrons. The predicted molar refractivity (Wildman–Crippen MR) is 66.4 cm³/mol. The summed E-state index contributed by atoms with van der Waals surface area (Å²) in [5.74, 6) is 0.926. The highest BCUT2D eigenvalue weighted by atomic mass is 35.5. The summed E-state index contributed by atoms with van der Waals surface area (Å²) in [6.07, 6.45) is 3.23. The Morgan fingerprint density at radius 1 is 1.36 bits per heavy atom. The lowest BCUT2D eigenvalue weighted by Gasteiger charge is -2.39. The van der Waals surface area contributed by atoms with Crippen LogP contribution in [0.1, 0.15) is 41.0 Å². The summed E-state index contributed by atoms with van der Waals surface area (Å²) in [4.78, 5) is 0. The van der Waals surface area contributed by atoms with Crippen LogP contribution in [-0.4, -0.2) is 15.6 Å². The second-order valence-corrected chi connectivity index (χ2v) is 7.15. The van der Waals surface area contributed by atoms with E-state index in [0.717, 1.165) is 17.2 Å². The minimum absolute atomic E-state index is 0.180. The lowest BCUT2D eigenvalue weighted by atomic mass is 9.82. The molecule has 0 atom stereocenters. The number of rotatable bonds is 2. The van der Waals surface area contributed by atoms with Crippen LogP contribution in [-0.2, 0) is 0 Å². The van der Waals surface area contributed by atoms with Crippen LogP contribution in [0.3, 0.4) is 0 Å². The zero-order valence-electron chi connectivity index (χ0n) is 9.72. The third-order valence-electron chi connectivity index (χ3n) is 2.16. The minimum atomic E-state index is 0.180. The van der Waals surface area contributed by atoms with Gasteiger partial charge in [-0.3, -0.25) is 0 Å². The maximum absolute atomic E-state index is 5.98. The first-order valence-corrected chi connectivity index (χ1v) is 6.31. The molecule has 0 amide bonds. The fraction of sp³-hybridized carbons (Fsp3) is 0.818. The normalized spacial score (nSPS) is 18.7. The summed E-state index contributed by atoms with van der Waals surface area (Å²) in [5.41, 5.74) is 0.534. The molecule has 0 aliphatic carbocycles. The summed E-state index contributed by atoms with van der Waals surface area (Å²) in [6, 6.07) is 0. The van der Waals surface area contributed by atoms with Crippen LogP contribution in [0.5, 0.6) is 0 Å². The summed E-state index contributed by atoms with van der Waals surface area (Å²) in [6.45, 7) is 11.4. The molecule has 82 valence electrons. The van der Waals surface area contributed by atoms with E-state index in [1.807, 2.05) is 0 Å². The molecular weight excluding hydrogens is 214 g/mol. The second-order valence-electron chi connectivity index (χ2n) is 5.73. The van der Waals surface area contributed by atoms with Crippen LogP contribution in [0.2, 0.25) is 0 Å². The van der Waals surface area contributed by atoms with Crippen molar-refractivity contribution in [3.63, 3.8) is 0 Å². The maximum atomic E-state index is 5.98. The van der Waals surface area contributed by atoms with Gasteiger partial charge >= 0.3 is 0 Å². The number of nitrogens with zero attached hydrogens (tertiary/aromatic N) is 1. The molecule has 0 bridgehead atoms. The summed E-state index contributed by atoms with van der Waals surface area (Å²) in [5, 5.41) is 0.956. The van der Waals surface area contributed by atoms with Crippen LogP contribution in [0, 0.1) is 5.41 Å². The molecule has 1 heterocycles. The minimum Gasteiger partial charge on any atom is -0.316 e. The monoisotopic (exact) mass is 233 g/mol. The topological polar surface area (TPSA) is 3.24 Å². The Hall–Kier alpha value is 0.180. The molecule has 0 saturated carbocycles. The largest absolute Gasteiger partial charge is 0.316 e. The standard InChI is InChI=1S/C11H20ClNS/c1-10(2,3)8-11(4,5)13-6-9(12)7-14-13/h6H,7-8H2,1-5H3. The van der Waals surface area contributed by atoms with Gasteiger partial charge in [0.25, 0.3) is 0 Å². The number of halogens is 1. The summed E-state index contributed by atoms with van der Waals surface area (Å²) >= 11 is 7.79. The van der Waals surface area contributed by atoms with Gasteiger partial charge in [0.1, 0.15) is 0 Å². The van der Waals surface area contributed by atoms with E-state index >= 15 is 0 Å². The molecule has 1 aliphatic rings. The lowest BCUT2D eigenvalue weighted by Crippen LogP contribution is -2.38. The highest BCUT2D eigenvalue weighted by Crippen LogP contribution is 2.39. The van der Waals surface area contributed by atoms with Crippen LogP contribution in [0.15, 0.2) is 11.2 Å². The smallest absolute Gasteiger partial charge is 0.0508 e. The fourth-order valence-electron chi connectivity index (χ4n) is 2.06. The van der Waals surface area contributed by atoms with E-state index in [9.17, 15) is 0 Å². The van der Waals surface area contributed by atoms with Crippen molar-refractivity contribution < 1.29 is 0 Å². The number of hydrogen-bond donors (Lipinski definition) is 0. The van der Waals surface area contributed by atoms with Crippen molar-refractivity contribution in [3.8, 4) is 0 Å². The molecule has 0 fully saturated rings. The third kappa shape index (κ3) is 3.39. The van der Waals surface area contributed by atoms with E-state index in [1.165, 1.54) is 0 Å². The first-order valence-electron chi connectivity index (χ1n) is 4.99. The van der Waals surface area contributed by atoms with Crippen molar-refractivity contribution in [2.75, 3.05) is 5.75 Å². The van der Waals surface area contributed by atoms with Crippen LogP contribution < -0.4 is 0 Å². The third-order valence-corrected chi connectivity index (χ3v) is 3.87. The first kappa shape index (κ1) is 12.3. The summed E-state index contributed by atoms with van der Waals surface area (Å²) < 4.78 is 2.29. The Morgan fingerprint density at radius 3 is 2.29 bits per heavy atom. The molecule has 0 spiro atoms. The van der Waals surface area contributed by atoms with Crippen molar-refractivity contribution in [2.24, 2.45) is 5.41 Å². The first-order chi connectivity index (χ1) is 6.21. The van der Waals surface area contributed by atoms with Crippen molar-refractivity contribution in [1.29, 1.82) is 0 Å². The Labute approximate surface area is 97.0 Å². The molecule has 14 heavy (non-hydrogen) atoms. The second kappa shape index (κ2) is 3.97. The molecule has 3 heteroatoms. The molecule has 1 rings (SSSR count). The van der Waals surface area contributed by atoms with Crippen molar-refractivity contribution in [1.82, 2.24) is 4.31 Å². The Balaban J connectivity index is 2.66. The van der Waals surface area contributed by atoms with Gasteiger partial charge in [0.05, 0.1) is 5.75 Å². The van der Waals surface area contributed by atoms with Gasteiger partial charge in [-0.2, -0.15) is 0 Å². The maximum Gasteiger partial charge on any atom is 0.0508 e. The molecule has 1 aliphatic heterocycles. The van der Waals surface area contributed by atoms with Crippen molar-refractivity contribution in [3.05, 3.63) is 11.2 Å². The Bertz CT molecular complexity index is 240. The van der Waals surface area contributed by atoms with E-state index < -0.39 is 0 Å². The van der Waals surface area contributed by atoms with E-state index in [0.29, 0.717) is 5.41 Å². The van der Waals surface area contributed by atoms with Gasteiger partial charge in [-0.1, -0.05) is 32.4 Å². The quantitative estimate of drug-likeness (QED) is 0.657. The molecule has 0 N–H and O–H groups in total. The number of hydrogen-bond acceptors (Lipinski definition) is 2. The molecule has 0 unspecified atom stereocenters. The molecular formula is C11H20ClNS. The van der Waals surface area contributed by atoms with Crippen LogP contribution in [0.25, 0.3) is 0 Å². The average Bonchev–Trinajstić information content (AvgIpc) is 2.29. The average molecular weight is 234 g/mol. The molecule has 0 saturated heterocycles. The summed E-state index contributed by atoms with van der Waals surface area (Å²) in [7, 11) is 0. The van der Waals surface area contributed by atoms with Crippen LogP contribution in [0.4, 0.5) is 0 Å². The Morgan fingerprint density at radius 2 is 1.93 bits per heavy atom. The Kier molecular flexibility index (Phi) is 3.48. The van der Waals surface area contributed by atoms with E-state index in [-0.39, 0.29) is 5.54 Å². The van der Waals surface area contributed by atoms with Gasteiger partial charge in [-0.15, -0.1) is 0 Å². The van der Waals surface area contributed by atoms with E-state index in [4.69, 9.17) is 11.6 Å². The molecule has 0 aromatic carbocycles. The van der Waals surface area contributed by atoms with Crippen molar-refractivity contribution in [2.45, 2.75) is 46.6 Å². The zero-order chi connectivity index (χ0) is 11.0. The van der Waals surface area contributed by atoms with Gasteiger partial charge in [0.2, 0.25) is 0 Å². The van der Waals surface area contributed by atoms with E-state index in [1.54, 1.807) is 11.9 Å². The fourth-order valence-corrected chi connectivity index (χ4v) is 3.31. The van der Waals surface area contributed by atoms with Gasteiger partial charge in [0, 0.05) is 16.8 Å². The van der Waals surface area contributed by atoms with Gasteiger partial charge < -0.3 is 4.31 Å². The lowest BCUT2D eigenvalue weighted by molar-refractivity contribution is 0.203. The van der Waals surface area contributed by atoms with Gasteiger partial charge in [-0.05, 0) is 37.6 Å². The highest BCUT2D eigenvalue weighted by molar-refractivity contribution is 7.97. The SMILES string of the molecule is CC(C)(C)CC(C)(C)N1C=C(Cl)CS1. The van der Waals surface area contributed by atoms with Gasteiger partial charge in [0.15, 0.2) is 0 Å². The molecule has 0 aromatic heterocycles. The predicted octanol–water partition coefficient (Wildman–Crippen LogP) is 4.25. The highest BCUT2D eigenvalue weighted by Gasteiger charge is 2.32. The van der Waals surface area contributed by atoms with Gasteiger partial charge in [-0.25, -0.2) is 0 Å². The molecule has 1 nitrogen and oxygen atoms in total. The van der Waals surface area contributed by atoms with Crippen molar-refractivity contribution >= 4 is 23.5 Å². The van der Waals surface area contributed by atoms with E-state index in [2.05, 4.69) is 45.1 Å². The molecule has 0 aromatic rings. The zero-order valence-corrected chi connectivity index (χ0v) is 11.3. The van der Waals surface area contributed by atoms with Crippen LogP contribution >= 0.6 is 23.5 Å².